The number of carbonyl (C=O) groups excluding carboxylic acids is 1. The minimum absolute atomic E-state index is 0.128. The zero-order valence-electron chi connectivity index (χ0n) is 17.8. The van der Waals surface area contributed by atoms with Gasteiger partial charge in [0.25, 0.3) is 15.9 Å². The van der Waals surface area contributed by atoms with Gasteiger partial charge in [-0.1, -0.05) is 53.0 Å². The standard InChI is InChI=1S/C24H22Cl2N2O4S/c1-16-2-9-20(10-3-16)33(30,31)28-15-23(32-22-11-8-19(26)14-21(22)28)24(29)27-13-12-17-4-6-18(25)7-5-17/h2-11,14,23H,12-13,15H2,1H3,(H,27,29)/t23-/m1/s1. The molecule has 0 bridgehead atoms. The molecule has 3 aromatic rings. The number of halogens is 2. The van der Waals surface area contributed by atoms with Gasteiger partial charge in [0.1, 0.15) is 5.75 Å². The largest absolute Gasteiger partial charge is 0.476 e. The van der Waals surface area contributed by atoms with Crippen LogP contribution >= 0.6 is 23.2 Å². The van der Waals surface area contributed by atoms with E-state index in [1.807, 2.05) is 19.1 Å². The number of nitrogens with one attached hydrogen (secondary N) is 1. The Hall–Kier alpha value is -2.74. The molecule has 1 aliphatic heterocycles. The van der Waals surface area contributed by atoms with Gasteiger partial charge in [0.2, 0.25) is 0 Å². The molecular weight excluding hydrogens is 483 g/mol. The highest BCUT2D eigenvalue weighted by atomic mass is 35.5. The molecule has 172 valence electrons. The second kappa shape index (κ2) is 9.63. The molecule has 3 aromatic carbocycles. The number of nitrogens with zero attached hydrogens (tertiary/aromatic N) is 1. The SMILES string of the molecule is Cc1ccc(S(=O)(=O)N2C[C@H](C(=O)NCCc3ccc(Cl)cc3)Oc3ccc(Cl)cc32)cc1. The molecule has 1 heterocycles. The first-order valence-corrected chi connectivity index (χ1v) is 12.5. The lowest BCUT2D eigenvalue weighted by Gasteiger charge is -2.35. The maximum Gasteiger partial charge on any atom is 0.264 e. The second-order valence-corrected chi connectivity index (χ2v) is 10.5. The highest BCUT2D eigenvalue weighted by Crippen LogP contribution is 2.38. The molecular formula is C24H22Cl2N2O4S. The van der Waals surface area contributed by atoms with Crippen molar-refractivity contribution in [1.29, 1.82) is 0 Å². The Morgan fingerprint density at radius 3 is 2.39 bits per heavy atom. The van der Waals surface area contributed by atoms with E-state index in [4.69, 9.17) is 27.9 Å². The van der Waals surface area contributed by atoms with Gasteiger partial charge in [-0.25, -0.2) is 8.42 Å². The minimum atomic E-state index is -3.94. The lowest BCUT2D eigenvalue weighted by atomic mass is 10.1. The van der Waals surface area contributed by atoms with Gasteiger partial charge in [0, 0.05) is 16.6 Å². The van der Waals surface area contributed by atoms with Crippen molar-refractivity contribution < 1.29 is 17.9 Å². The number of hydrogen-bond donors (Lipinski definition) is 1. The monoisotopic (exact) mass is 504 g/mol. The predicted octanol–water partition coefficient (Wildman–Crippen LogP) is 4.62. The van der Waals surface area contributed by atoms with Gasteiger partial charge >= 0.3 is 0 Å². The van der Waals surface area contributed by atoms with Crippen molar-refractivity contribution in [1.82, 2.24) is 5.32 Å². The Morgan fingerprint density at radius 2 is 1.70 bits per heavy atom. The highest BCUT2D eigenvalue weighted by molar-refractivity contribution is 7.92. The van der Waals surface area contributed by atoms with Crippen LogP contribution in [0.15, 0.2) is 71.6 Å². The van der Waals surface area contributed by atoms with Crippen LogP contribution in [-0.2, 0) is 21.2 Å². The fraction of sp³-hybridized carbons (Fsp3) is 0.208. The maximum absolute atomic E-state index is 13.5. The van der Waals surface area contributed by atoms with Gasteiger partial charge in [-0.05, 0) is 61.4 Å². The smallest absolute Gasteiger partial charge is 0.264 e. The molecule has 0 unspecified atom stereocenters. The zero-order chi connectivity index (χ0) is 23.6. The number of anilines is 1. The van der Waals surface area contributed by atoms with Crippen LogP contribution < -0.4 is 14.4 Å². The molecule has 0 aliphatic carbocycles. The van der Waals surface area contributed by atoms with Crippen molar-refractivity contribution in [2.75, 3.05) is 17.4 Å². The number of carbonyl (C=O) groups is 1. The lowest BCUT2D eigenvalue weighted by Crippen LogP contribution is -2.51. The summed E-state index contributed by atoms with van der Waals surface area (Å²) in [5.74, 6) is -0.118. The van der Waals surface area contributed by atoms with Gasteiger partial charge in [0.05, 0.1) is 17.1 Å². The molecule has 6 nitrogen and oxygen atoms in total. The molecule has 1 amide bonds. The van der Waals surface area contributed by atoms with Crippen LogP contribution in [0.2, 0.25) is 10.0 Å². The third kappa shape index (κ3) is 5.27. The van der Waals surface area contributed by atoms with E-state index in [1.54, 1.807) is 48.5 Å². The first-order valence-electron chi connectivity index (χ1n) is 10.3. The number of ether oxygens (including phenoxy) is 1. The van der Waals surface area contributed by atoms with Gasteiger partial charge in [-0.2, -0.15) is 0 Å². The van der Waals surface area contributed by atoms with Crippen molar-refractivity contribution in [3.63, 3.8) is 0 Å². The highest BCUT2D eigenvalue weighted by Gasteiger charge is 2.37. The van der Waals surface area contributed by atoms with E-state index in [1.165, 1.54) is 10.4 Å². The van der Waals surface area contributed by atoms with E-state index >= 15 is 0 Å². The molecule has 0 saturated carbocycles. The molecule has 0 fully saturated rings. The fourth-order valence-electron chi connectivity index (χ4n) is 3.52. The van der Waals surface area contributed by atoms with E-state index < -0.39 is 22.0 Å². The van der Waals surface area contributed by atoms with Gasteiger partial charge in [-0.15, -0.1) is 0 Å². The minimum Gasteiger partial charge on any atom is -0.476 e. The molecule has 4 rings (SSSR count). The number of rotatable bonds is 6. The Morgan fingerprint density at radius 1 is 1.03 bits per heavy atom. The van der Waals surface area contributed by atoms with Crippen molar-refractivity contribution in [2.45, 2.75) is 24.3 Å². The Labute approximate surface area is 203 Å². The summed E-state index contributed by atoms with van der Waals surface area (Å²) in [6.07, 6.45) is -0.406. The summed E-state index contributed by atoms with van der Waals surface area (Å²) in [7, 11) is -3.94. The number of sulfonamides is 1. The molecule has 0 spiro atoms. The van der Waals surface area contributed by atoms with Gasteiger partial charge in [0.15, 0.2) is 6.10 Å². The molecule has 9 heteroatoms. The summed E-state index contributed by atoms with van der Waals surface area (Å²) in [5.41, 5.74) is 2.26. The summed E-state index contributed by atoms with van der Waals surface area (Å²) < 4.78 is 33.9. The first-order chi connectivity index (χ1) is 15.7. The van der Waals surface area contributed by atoms with E-state index in [9.17, 15) is 13.2 Å². The van der Waals surface area contributed by atoms with Crippen molar-refractivity contribution in [2.24, 2.45) is 0 Å². The number of fused-ring (bicyclic) bond motifs is 1. The summed E-state index contributed by atoms with van der Waals surface area (Å²) in [4.78, 5) is 13.0. The molecule has 1 N–H and O–H groups in total. The molecule has 0 radical (unpaired) electrons. The third-order valence-corrected chi connectivity index (χ3v) is 7.60. The lowest BCUT2D eigenvalue weighted by molar-refractivity contribution is -0.127. The summed E-state index contributed by atoms with van der Waals surface area (Å²) >= 11 is 12.0. The third-order valence-electron chi connectivity index (χ3n) is 5.32. The second-order valence-electron chi connectivity index (χ2n) is 7.74. The van der Waals surface area contributed by atoms with Gasteiger partial charge < -0.3 is 10.1 Å². The van der Waals surface area contributed by atoms with E-state index in [0.29, 0.717) is 28.7 Å². The quantitative estimate of drug-likeness (QED) is 0.531. The summed E-state index contributed by atoms with van der Waals surface area (Å²) in [6.45, 7) is 2.08. The van der Waals surface area contributed by atoms with Crippen LogP contribution in [0.25, 0.3) is 0 Å². The number of amides is 1. The van der Waals surface area contributed by atoms with Crippen LogP contribution in [0, 0.1) is 6.92 Å². The molecule has 1 atom stereocenters. The van der Waals surface area contributed by atoms with Crippen LogP contribution in [0.3, 0.4) is 0 Å². The van der Waals surface area contributed by atoms with Crippen LogP contribution in [-0.4, -0.2) is 33.5 Å². The number of hydrogen-bond acceptors (Lipinski definition) is 4. The Bertz CT molecular complexity index is 1260. The normalized spacial score (nSPS) is 15.5. The maximum atomic E-state index is 13.5. The zero-order valence-corrected chi connectivity index (χ0v) is 20.1. The van der Waals surface area contributed by atoms with E-state index in [2.05, 4.69) is 5.32 Å². The molecule has 0 saturated heterocycles. The average molecular weight is 505 g/mol. The molecule has 33 heavy (non-hydrogen) atoms. The fourth-order valence-corrected chi connectivity index (χ4v) is 5.28. The summed E-state index contributed by atoms with van der Waals surface area (Å²) in [6, 6.07) is 18.6. The van der Waals surface area contributed by atoms with Gasteiger partial charge in [-0.3, -0.25) is 9.10 Å². The van der Waals surface area contributed by atoms with Crippen molar-refractivity contribution in [3.8, 4) is 5.75 Å². The van der Waals surface area contributed by atoms with E-state index in [0.717, 1.165) is 11.1 Å². The predicted molar refractivity (Wildman–Crippen MR) is 130 cm³/mol. The number of benzene rings is 3. The Kier molecular flexibility index (Phi) is 6.83. The molecule has 0 aromatic heterocycles. The average Bonchev–Trinajstić information content (AvgIpc) is 2.80. The summed E-state index contributed by atoms with van der Waals surface area (Å²) in [5, 5.41) is 3.85. The Balaban J connectivity index is 1.55. The number of aryl methyl sites for hydroxylation is 1. The topological polar surface area (TPSA) is 75.7 Å². The first kappa shape index (κ1) is 23.4. The molecule has 1 aliphatic rings. The van der Waals surface area contributed by atoms with Crippen LogP contribution in [0.5, 0.6) is 5.75 Å². The van der Waals surface area contributed by atoms with Crippen LogP contribution in [0.1, 0.15) is 11.1 Å². The van der Waals surface area contributed by atoms with Crippen LogP contribution in [0.4, 0.5) is 5.69 Å². The van der Waals surface area contributed by atoms with E-state index in [-0.39, 0.29) is 17.2 Å². The van der Waals surface area contributed by atoms with Crippen molar-refractivity contribution >= 4 is 44.8 Å². The van der Waals surface area contributed by atoms with Crippen molar-refractivity contribution in [3.05, 3.63) is 87.9 Å².